The van der Waals surface area contributed by atoms with Crippen molar-refractivity contribution in [3.8, 4) is 0 Å². The van der Waals surface area contributed by atoms with E-state index in [0.717, 1.165) is 13.1 Å². The Morgan fingerprint density at radius 3 is 2.00 bits per heavy atom. The van der Waals surface area contributed by atoms with Crippen molar-refractivity contribution in [1.29, 1.82) is 0 Å². The Morgan fingerprint density at radius 1 is 0.944 bits per heavy atom. The van der Waals surface area contributed by atoms with Crippen LogP contribution in [-0.2, 0) is 0 Å². The predicted molar refractivity (Wildman–Crippen MR) is 77.9 cm³/mol. The maximum Gasteiger partial charge on any atom is 1.00 e. The average molecular weight is 262 g/mol. The molecule has 0 amide bonds. The summed E-state index contributed by atoms with van der Waals surface area (Å²) >= 11 is 0. The van der Waals surface area contributed by atoms with Gasteiger partial charge in [0, 0.05) is 13.1 Å². The van der Waals surface area contributed by atoms with E-state index in [9.17, 15) is 0 Å². The van der Waals surface area contributed by atoms with Gasteiger partial charge in [0.1, 0.15) is 0 Å². The zero-order valence-corrected chi connectivity index (χ0v) is 14.7. The number of aliphatic imine (C=N–C) groups is 1. The first-order valence-electron chi connectivity index (χ1n) is 7.67. The van der Waals surface area contributed by atoms with Gasteiger partial charge in [0.2, 0.25) is 0 Å². The fourth-order valence-corrected chi connectivity index (χ4v) is 2.39. The van der Waals surface area contributed by atoms with Gasteiger partial charge in [-0.25, -0.2) is 0 Å². The zero-order valence-electron chi connectivity index (χ0n) is 13.7. The number of nitrogens with zero attached hydrogens (tertiary/aromatic N) is 2. The molecule has 0 aromatic heterocycles. The molecule has 0 aromatic rings. The molecule has 0 aliphatic carbocycles. The molecule has 0 saturated heterocycles. The molecule has 1 aliphatic heterocycles. The van der Waals surface area contributed by atoms with Crippen molar-refractivity contribution in [2.45, 2.75) is 71.1 Å². The molecule has 0 spiro atoms. The minimum absolute atomic E-state index is 0. The number of hydrogen-bond acceptors (Lipinski definition) is 2. The maximum atomic E-state index is 4.23. The Kier molecular flexibility index (Phi) is 14.3. The summed E-state index contributed by atoms with van der Waals surface area (Å²) in [4.78, 5) is 6.58. The Bertz CT molecular complexity index is 201. The van der Waals surface area contributed by atoms with Gasteiger partial charge < -0.3 is 6.33 Å². The van der Waals surface area contributed by atoms with Crippen LogP contribution in [0.15, 0.2) is 4.99 Å². The van der Waals surface area contributed by atoms with Crippen LogP contribution < -0.4 is 29.6 Å². The van der Waals surface area contributed by atoms with Gasteiger partial charge in [-0.15, -0.1) is 0 Å². The van der Waals surface area contributed by atoms with Gasteiger partial charge in [-0.1, -0.05) is 64.7 Å². The molecule has 0 radical (unpaired) electrons. The minimum Gasteiger partial charge on any atom is -1.00 e. The van der Waals surface area contributed by atoms with Crippen LogP contribution in [0.3, 0.4) is 0 Å². The van der Waals surface area contributed by atoms with Crippen molar-refractivity contribution in [3.63, 3.8) is 0 Å². The van der Waals surface area contributed by atoms with E-state index in [4.69, 9.17) is 0 Å². The van der Waals surface area contributed by atoms with Crippen molar-refractivity contribution in [1.82, 2.24) is 4.90 Å². The summed E-state index contributed by atoms with van der Waals surface area (Å²) in [6.07, 6.45) is 16.3. The molecule has 0 fully saturated rings. The van der Waals surface area contributed by atoms with Crippen LogP contribution in [-0.4, -0.2) is 30.9 Å². The molecule has 3 heteroatoms. The molecular weight excluding hydrogens is 231 g/mol. The van der Waals surface area contributed by atoms with Crippen molar-refractivity contribution in [3.05, 3.63) is 0 Å². The quantitative estimate of drug-likeness (QED) is 0.406. The molecule has 0 N–H and O–H groups in total. The largest absolute Gasteiger partial charge is 1.00 e. The van der Waals surface area contributed by atoms with Crippen molar-refractivity contribution < 1.29 is 31.0 Å². The molecule has 0 bridgehead atoms. The molecule has 0 aromatic carbocycles. The number of rotatable bonds is 11. The van der Waals surface area contributed by atoms with E-state index in [1.165, 1.54) is 70.8 Å². The van der Waals surface area contributed by atoms with Gasteiger partial charge in [0.05, 0.1) is 12.9 Å². The zero-order chi connectivity index (χ0) is 12.2. The third kappa shape index (κ3) is 10.4. The van der Waals surface area contributed by atoms with E-state index in [1.54, 1.807) is 0 Å². The molecule has 0 unspecified atom stereocenters. The Labute approximate surface area is 137 Å². The normalized spacial score (nSPS) is 13.9. The molecule has 0 atom stereocenters. The minimum atomic E-state index is 0. The molecule has 18 heavy (non-hydrogen) atoms. The molecule has 0 saturated carbocycles. The fraction of sp³-hybridized carbons (Fsp3) is 0.933. The molecule has 102 valence electrons. The van der Waals surface area contributed by atoms with Gasteiger partial charge >= 0.3 is 29.6 Å². The van der Waals surface area contributed by atoms with Crippen LogP contribution in [0.1, 0.15) is 72.6 Å². The van der Waals surface area contributed by atoms with Crippen LogP contribution in [0.4, 0.5) is 0 Å². The topological polar surface area (TPSA) is 15.6 Å². The first-order valence-corrected chi connectivity index (χ1v) is 7.67. The molecular formula is C15H31N2Na. The van der Waals surface area contributed by atoms with Crippen LogP contribution in [0, 0.1) is 0 Å². The smallest absolute Gasteiger partial charge is 1.00 e. The summed E-state index contributed by atoms with van der Waals surface area (Å²) in [5, 5.41) is 0. The second-order valence-electron chi connectivity index (χ2n) is 5.24. The summed E-state index contributed by atoms with van der Waals surface area (Å²) in [5.41, 5.74) is 0. The van der Waals surface area contributed by atoms with Crippen LogP contribution >= 0.6 is 0 Å². The second kappa shape index (κ2) is 13.9. The number of hydrogen-bond donors (Lipinski definition) is 0. The van der Waals surface area contributed by atoms with Gasteiger partial charge in [-0.2, -0.15) is 0 Å². The van der Waals surface area contributed by atoms with Crippen molar-refractivity contribution in [2.24, 2.45) is 4.99 Å². The Morgan fingerprint density at radius 2 is 1.50 bits per heavy atom. The fourth-order valence-electron chi connectivity index (χ4n) is 2.39. The number of unbranched alkanes of at least 4 members (excludes halogenated alkanes) is 9. The predicted octanol–water partition coefficient (Wildman–Crippen LogP) is 1.37. The molecule has 1 heterocycles. The van der Waals surface area contributed by atoms with E-state index >= 15 is 0 Å². The van der Waals surface area contributed by atoms with Gasteiger partial charge in [0.15, 0.2) is 0 Å². The van der Waals surface area contributed by atoms with E-state index in [0.29, 0.717) is 0 Å². The van der Waals surface area contributed by atoms with Crippen molar-refractivity contribution >= 4 is 6.34 Å². The monoisotopic (exact) mass is 262 g/mol. The summed E-state index contributed by atoms with van der Waals surface area (Å²) in [6.45, 7) is 5.67. The first-order chi connectivity index (χ1) is 8.43. The van der Waals surface area contributed by atoms with E-state index in [2.05, 4.69) is 16.8 Å². The Hall–Kier alpha value is 0.470. The van der Waals surface area contributed by atoms with Crippen LogP contribution in [0.25, 0.3) is 0 Å². The van der Waals surface area contributed by atoms with E-state index < -0.39 is 0 Å². The summed E-state index contributed by atoms with van der Waals surface area (Å²) in [6, 6.07) is 0. The second-order valence-corrected chi connectivity index (χ2v) is 5.24. The van der Waals surface area contributed by atoms with E-state index in [1.807, 2.05) is 6.34 Å². The standard InChI is InChI=1S/C15H30N2.Na.H/c1-2-3-4-5-6-7-8-9-10-11-13-17-14-12-16-15-17;;/h15H,2-14H2,1H3;;/q;+1;-1. The SMILES string of the molecule is CCCCCCCCCCCCN1C=NCC1.[H-].[Na+]. The molecule has 2 nitrogen and oxygen atoms in total. The summed E-state index contributed by atoms with van der Waals surface area (Å²) in [7, 11) is 0. The maximum absolute atomic E-state index is 4.23. The van der Waals surface area contributed by atoms with Crippen molar-refractivity contribution in [2.75, 3.05) is 19.6 Å². The third-order valence-corrected chi connectivity index (χ3v) is 3.56. The molecule has 1 aliphatic rings. The van der Waals surface area contributed by atoms with Crippen LogP contribution in [0.5, 0.6) is 0 Å². The van der Waals surface area contributed by atoms with Gasteiger partial charge in [-0.3, -0.25) is 4.99 Å². The third-order valence-electron chi connectivity index (χ3n) is 3.56. The average Bonchev–Trinajstić information content (AvgIpc) is 2.85. The molecule has 1 rings (SSSR count). The van der Waals surface area contributed by atoms with Crippen LogP contribution in [0.2, 0.25) is 0 Å². The first kappa shape index (κ1) is 18.5. The summed E-state index contributed by atoms with van der Waals surface area (Å²) in [5.74, 6) is 0. The van der Waals surface area contributed by atoms with Gasteiger partial charge in [0.25, 0.3) is 0 Å². The van der Waals surface area contributed by atoms with E-state index in [-0.39, 0.29) is 31.0 Å². The Balaban J connectivity index is 0. The summed E-state index contributed by atoms with van der Waals surface area (Å²) < 4.78 is 0. The van der Waals surface area contributed by atoms with Gasteiger partial charge in [-0.05, 0) is 6.42 Å².